The number of nitrogens with zero attached hydrogens (tertiary/aromatic N) is 2. The summed E-state index contributed by atoms with van der Waals surface area (Å²) >= 11 is 5.99. The Hall–Kier alpha value is -3.91. The van der Waals surface area contributed by atoms with Gasteiger partial charge in [0, 0.05) is 23.7 Å². The summed E-state index contributed by atoms with van der Waals surface area (Å²) in [6.45, 7) is 0.468. The zero-order chi connectivity index (χ0) is 25.8. The number of sulfonamides is 1. The predicted octanol–water partition coefficient (Wildman–Crippen LogP) is 6.14. The molecule has 0 amide bonds. The monoisotopic (exact) mass is 530 g/mol. The second-order valence-corrected chi connectivity index (χ2v) is 10.8. The van der Waals surface area contributed by atoms with Crippen molar-refractivity contribution in [3.8, 4) is 16.9 Å². The van der Waals surface area contributed by atoms with Crippen molar-refractivity contribution in [1.82, 2.24) is 8.87 Å². The third kappa shape index (κ3) is 5.44. The Labute approximate surface area is 220 Å². The lowest BCUT2D eigenvalue weighted by molar-refractivity contribution is 0.401. The van der Waals surface area contributed by atoms with Crippen LogP contribution < -0.4 is 5.76 Å². The summed E-state index contributed by atoms with van der Waals surface area (Å²) < 4.78 is 35.5. The fraction of sp³-hybridized carbons (Fsp3) is 0.0690. The van der Waals surface area contributed by atoms with Gasteiger partial charge in [-0.3, -0.25) is 0 Å². The first kappa shape index (κ1) is 24.8. The number of oxazole rings is 1. The highest BCUT2D eigenvalue weighted by Crippen LogP contribution is 2.27. The minimum atomic E-state index is -3.83. The predicted molar refractivity (Wildman–Crippen MR) is 144 cm³/mol. The van der Waals surface area contributed by atoms with Gasteiger partial charge in [0.1, 0.15) is 6.26 Å². The van der Waals surface area contributed by atoms with Crippen molar-refractivity contribution in [2.45, 2.75) is 18.0 Å². The fourth-order valence-electron chi connectivity index (χ4n) is 4.09. The van der Waals surface area contributed by atoms with E-state index in [0.29, 0.717) is 22.0 Å². The van der Waals surface area contributed by atoms with Gasteiger partial charge in [-0.25, -0.2) is 17.8 Å². The Morgan fingerprint density at radius 3 is 1.81 bits per heavy atom. The Morgan fingerprint density at radius 1 is 0.730 bits per heavy atom. The first-order valence-electron chi connectivity index (χ1n) is 11.6. The van der Waals surface area contributed by atoms with Gasteiger partial charge in [0.15, 0.2) is 0 Å². The number of halogens is 1. The molecule has 1 heterocycles. The zero-order valence-electron chi connectivity index (χ0n) is 19.7. The van der Waals surface area contributed by atoms with Crippen LogP contribution in [0.3, 0.4) is 0 Å². The van der Waals surface area contributed by atoms with Gasteiger partial charge in [0.05, 0.1) is 16.3 Å². The maximum absolute atomic E-state index is 13.8. The number of hydrogen-bond donors (Lipinski definition) is 0. The van der Waals surface area contributed by atoms with Crippen molar-refractivity contribution in [3.63, 3.8) is 0 Å². The number of rotatable bonds is 8. The molecule has 6 nitrogen and oxygen atoms in total. The topological polar surface area (TPSA) is 72.5 Å². The first-order valence-corrected chi connectivity index (χ1v) is 13.4. The minimum absolute atomic E-state index is 0.159. The normalized spacial score (nSPS) is 11.6. The lowest BCUT2D eigenvalue weighted by Gasteiger charge is -2.23. The van der Waals surface area contributed by atoms with Crippen molar-refractivity contribution in [1.29, 1.82) is 0 Å². The molecule has 0 radical (unpaired) electrons. The third-order valence-electron chi connectivity index (χ3n) is 5.97. The zero-order valence-corrected chi connectivity index (χ0v) is 21.3. The largest absolute Gasteiger partial charge is 0.424 e. The van der Waals surface area contributed by atoms with Gasteiger partial charge < -0.3 is 4.42 Å². The maximum atomic E-state index is 13.8. The smallest absolute Gasteiger partial charge is 0.415 e. The van der Waals surface area contributed by atoms with Crippen molar-refractivity contribution in [2.75, 3.05) is 0 Å². The van der Waals surface area contributed by atoms with Gasteiger partial charge in [-0.2, -0.15) is 4.31 Å². The minimum Gasteiger partial charge on any atom is -0.415 e. The Kier molecular flexibility index (Phi) is 7.10. The maximum Gasteiger partial charge on any atom is 0.424 e. The van der Waals surface area contributed by atoms with Crippen LogP contribution in [-0.2, 0) is 23.1 Å². The second-order valence-electron chi connectivity index (χ2n) is 8.47. The average Bonchev–Trinajstić information content (AvgIpc) is 3.31. The van der Waals surface area contributed by atoms with Gasteiger partial charge in [0.25, 0.3) is 0 Å². The van der Waals surface area contributed by atoms with E-state index in [1.807, 2.05) is 60.7 Å². The summed E-state index contributed by atoms with van der Waals surface area (Å²) in [5.41, 5.74) is 3.51. The highest BCUT2D eigenvalue weighted by molar-refractivity contribution is 7.89. The fourth-order valence-corrected chi connectivity index (χ4v) is 5.63. The summed E-state index contributed by atoms with van der Waals surface area (Å²) in [6.07, 6.45) is 1.36. The summed E-state index contributed by atoms with van der Waals surface area (Å²) in [6, 6.07) is 32.3. The molecule has 5 rings (SSSR count). The van der Waals surface area contributed by atoms with Gasteiger partial charge in [-0.05, 0) is 47.5 Å². The van der Waals surface area contributed by atoms with Crippen LogP contribution in [-0.4, -0.2) is 17.3 Å². The van der Waals surface area contributed by atoms with E-state index in [2.05, 4.69) is 0 Å². The standard InChI is InChI=1S/C29H23ClN2O4S/c30-25-13-15-26(16-14-25)32-28(21-36-29(32)33)24-11-17-27(18-12-24)37(34,35)31(19-22-7-3-1-4-8-22)20-23-9-5-2-6-10-23/h1-18,21H,19-20H2. The Balaban J connectivity index is 1.48. The van der Waals surface area contributed by atoms with Crippen LogP contribution in [0, 0.1) is 0 Å². The molecule has 0 saturated carbocycles. The van der Waals surface area contributed by atoms with Crippen LogP contribution in [0.1, 0.15) is 11.1 Å². The highest BCUT2D eigenvalue weighted by Gasteiger charge is 2.25. The molecular weight excluding hydrogens is 508 g/mol. The Morgan fingerprint density at radius 2 is 1.27 bits per heavy atom. The van der Waals surface area contributed by atoms with E-state index in [-0.39, 0.29) is 18.0 Å². The van der Waals surface area contributed by atoms with Crippen LogP contribution in [0.5, 0.6) is 0 Å². The van der Waals surface area contributed by atoms with Crippen molar-refractivity contribution < 1.29 is 12.8 Å². The SMILES string of the molecule is O=c1occ(-c2ccc(S(=O)(=O)N(Cc3ccccc3)Cc3ccccc3)cc2)n1-c1ccc(Cl)cc1. The van der Waals surface area contributed by atoms with Crippen LogP contribution in [0.2, 0.25) is 5.02 Å². The van der Waals surface area contributed by atoms with E-state index in [1.165, 1.54) is 15.1 Å². The number of benzene rings is 4. The third-order valence-corrected chi connectivity index (χ3v) is 8.03. The van der Waals surface area contributed by atoms with Gasteiger partial charge >= 0.3 is 5.76 Å². The lowest BCUT2D eigenvalue weighted by atomic mass is 10.1. The molecule has 5 aromatic rings. The summed E-state index contributed by atoms with van der Waals surface area (Å²) in [5, 5.41) is 0.548. The lowest BCUT2D eigenvalue weighted by Crippen LogP contribution is -2.30. The van der Waals surface area contributed by atoms with E-state index < -0.39 is 15.8 Å². The van der Waals surface area contributed by atoms with Crippen molar-refractivity contribution >= 4 is 21.6 Å². The van der Waals surface area contributed by atoms with E-state index in [1.54, 1.807) is 48.5 Å². The van der Waals surface area contributed by atoms with Gasteiger partial charge in [0.2, 0.25) is 10.0 Å². The molecule has 0 spiro atoms. The first-order chi connectivity index (χ1) is 17.9. The molecule has 0 aliphatic carbocycles. The second kappa shape index (κ2) is 10.6. The van der Waals surface area contributed by atoms with Crippen LogP contribution in [0.25, 0.3) is 16.9 Å². The molecule has 8 heteroatoms. The average molecular weight is 531 g/mol. The van der Waals surface area contributed by atoms with Crippen LogP contribution in [0.15, 0.2) is 130 Å². The summed E-state index contributed by atoms with van der Waals surface area (Å²) in [7, 11) is -3.83. The molecule has 186 valence electrons. The van der Waals surface area contributed by atoms with E-state index >= 15 is 0 Å². The van der Waals surface area contributed by atoms with Gasteiger partial charge in [-0.15, -0.1) is 0 Å². The molecular formula is C29H23ClN2O4S. The van der Waals surface area contributed by atoms with Crippen molar-refractivity contribution in [2.24, 2.45) is 0 Å². The van der Waals surface area contributed by atoms with E-state index in [4.69, 9.17) is 16.0 Å². The van der Waals surface area contributed by atoms with Crippen LogP contribution in [0.4, 0.5) is 0 Å². The van der Waals surface area contributed by atoms with Gasteiger partial charge in [-0.1, -0.05) is 84.4 Å². The highest BCUT2D eigenvalue weighted by atomic mass is 35.5. The number of hydrogen-bond acceptors (Lipinski definition) is 4. The molecule has 37 heavy (non-hydrogen) atoms. The van der Waals surface area contributed by atoms with Crippen molar-refractivity contribution in [3.05, 3.63) is 142 Å². The molecule has 0 atom stereocenters. The molecule has 0 aliphatic heterocycles. The van der Waals surface area contributed by atoms with E-state index in [0.717, 1.165) is 11.1 Å². The summed E-state index contributed by atoms with van der Waals surface area (Å²) in [4.78, 5) is 12.6. The molecule has 0 bridgehead atoms. The quantitative estimate of drug-likeness (QED) is 0.241. The molecule has 0 saturated heterocycles. The molecule has 0 fully saturated rings. The molecule has 0 unspecified atom stereocenters. The molecule has 4 aromatic carbocycles. The molecule has 1 aromatic heterocycles. The summed E-state index contributed by atoms with van der Waals surface area (Å²) in [5.74, 6) is -0.550. The van der Waals surface area contributed by atoms with E-state index in [9.17, 15) is 13.2 Å². The van der Waals surface area contributed by atoms with Crippen LogP contribution >= 0.6 is 11.6 Å². The number of aromatic nitrogens is 1. The Bertz CT molecular complexity index is 1600. The molecule has 0 aliphatic rings. The molecule has 0 N–H and O–H groups in total.